The zero-order valence-electron chi connectivity index (χ0n) is 10.0. The highest BCUT2D eigenvalue weighted by Gasteiger charge is 1.93. The van der Waals surface area contributed by atoms with E-state index in [1.807, 2.05) is 30.3 Å². The van der Waals surface area contributed by atoms with E-state index in [0.29, 0.717) is 5.69 Å². The second-order valence-corrected chi connectivity index (χ2v) is 3.73. The van der Waals surface area contributed by atoms with Crippen molar-refractivity contribution in [1.29, 1.82) is 0 Å². The molecule has 0 spiro atoms. The third kappa shape index (κ3) is 4.16. The number of azo groups is 1. The summed E-state index contributed by atoms with van der Waals surface area (Å²) in [5, 5.41) is 18.3. The molecule has 0 aliphatic rings. The first-order chi connectivity index (χ1) is 9.24. The molecule has 0 atom stereocenters. The van der Waals surface area contributed by atoms with Gasteiger partial charge < -0.3 is 0 Å². The Bertz CT molecular complexity index is 604. The molecule has 0 aromatic heterocycles. The summed E-state index contributed by atoms with van der Waals surface area (Å²) >= 11 is 0. The molecule has 0 aliphatic carbocycles. The monoisotopic (exact) mass is 253 g/mol. The third-order valence-electron chi connectivity index (χ3n) is 2.32. The Morgan fingerprint density at radius 3 is 2.05 bits per heavy atom. The molecule has 0 fully saturated rings. The molecule has 0 saturated carbocycles. The number of hydrogen-bond donors (Lipinski definition) is 0. The third-order valence-corrected chi connectivity index (χ3v) is 2.32. The fourth-order valence-electron chi connectivity index (χ4n) is 1.41. The Hall–Kier alpha value is -2.82. The quantitative estimate of drug-likeness (QED) is 0.461. The Morgan fingerprint density at radius 1 is 0.895 bits per heavy atom. The van der Waals surface area contributed by atoms with Gasteiger partial charge in [0.1, 0.15) is 0 Å². The Labute approximate surface area is 110 Å². The topological polar surface area (TPSA) is 67.9 Å². The molecule has 2 rings (SSSR count). The number of benzene rings is 2. The van der Waals surface area contributed by atoms with Gasteiger partial charge in [0.25, 0.3) is 0 Å². The van der Waals surface area contributed by atoms with Crippen LogP contribution in [-0.4, -0.2) is 4.92 Å². The zero-order chi connectivity index (χ0) is 13.5. The van der Waals surface area contributed by atoms with Crippen LogP contribution in [0.15, 0.2) is 71.0 Å². The van der Waals surface area contributed by atoms with E-state index in [0.717, 1.165) is 17.5 Å². The van der Waals surface area contributed by atoms with E-state index < -0.39 is 4.92 Å². The highest BCUT2D eigenvalue weighted by molar-refractivity contribution is 5.52. The van der Waals surface area contributed by atoms with Crippen LogP contribution >= 0.6 is 0 Å². The second kappa shape index (κ2) is 6.20. The number of nitro groups is 1. The van der Waals surface area contributed by atoms with E-state index in [9.17, 15) is 10.1 Å². The molecular weight excluding hydrogens is 242 g/mol. The van der Waals surface area contributed by atoms with Gasteiger partial charge in [-0.15, -0.1) is 0 Å². The summed E-state index contributed by atoms with van der Waals surface area (Å²) in [4.78, 5) is 9.69. The van der Waals surface area contributed by atoms with E-state index in [1.54, 1.807) is 24.3 Å². The van der Waals surface area contributed by atoms with E-state index in [2.05, 4.69) is 10.2 Å². The first-order valence-electron chi connectivity index (χ1n) is 5.62. The van der Waals surface area contributed by atoms with Crippen LogP contribution in [0.5, 0.6) is 0 Å². The smallest absolute Gasteiger partial charge is 0.235 e. The van der Waals surface area contributed by atoms with Crippen molar-refractivity contribution in [3.63, 3.8) is 0 Å². The lowest BCUT2D eigenvalue weighted by molar-refractivity contribution is -0.400. The van der Waals surface area contributed by atoms with Crippen LogP contribution in [0, 0.1) is 10.1 Å². The normalized spacial score (nSPS) is 11.2. The highest BCUT2D eigenvalue weighted by atomic mass is 16.6. The molecule has 0 bridgehead atoms. The van der Waals surface area contributed by atoms with Crippen LogP contribution in [0.1, 0.15) is 5.56 Å². The van der Waals surface area contributed by atoms with Gasteiger partial charge in [-0.3, -0.25) is 10.1 Å². The maximum atomic E-state index is 10.2. The number of nitrogens with zero attached hydrogens (tertiary/aromatic N) is 3. The molecule has 5 heteroatoms. The van der Waals surface area contributed by atoms with Crippen molar-refractivity contribution in [2.45, 2.75) is 0 Å². The Kier molecular flexibility index (Phi) is 4.12. The molecule has 0 aliphatic heterocycles. The first-order valence-corrected chi connectivity index (χ1v) is 5.62. The van der Waals surface area contributed by atoms with Gasteiger partial charge in [0.05, 0.1) is 16.3 Å². The summed E-state index contributed by atoms with van der Waals surface area (Å²) < 4.78 is 0. The molecule has 19 heavy (non-hydrogen) atoms. The Morgan fingerprint density at radius 2 is 1.47 bits per heavy atom. The Balaban J connectivity index is 2.07. The molecule has 2 aromatic rings. The van der Waals surface area contributed by atoms with E-state index in [-0.39, 0.29) is 0 Å². The standard InChI is InChI=1S/C14H11N3O2/c18-17(19)11-10-12-6-8-14(9-7-12)16-15-13-4-2-1-3-5-13/h1-11H. The molecule has 2 aromatic carbocycles. The molecule has 94 valence electrons. The molecule has 0 amide bonds. The van der Waals surface area contributed by atoms with Crippen molar-refractivity contribution in [2.24, 2.45) is 10.2 Å². The largest absolute Gasteiger partial charge is 0.259 e. The van der Waals surface area contributed by atoms with Gasteiger partial charge >= 0.3 is 0 Å². The van der Waals surface area contributed by atoms with Gasteiger partial charge in [0.2, 0.25) is 6.20 Å². The molecule has 0 saturated heterocycles. The van der Waals surface area contributed by atoms with Crippen LogP contribution in [0.25, 0.3) is 6.08 Å². The van der Waals surface area contributed by atoms with Gasteiger partial charge in [-0.1, -0.05) is 30.3 Å². The van der Waals surface area contributed by atoms with Crippen molar-refractivity contribution in [1.82, 2.24) is 0 Å². The number of rotatable bonds is 4. The van der Waals surface area contributed by atoms with Gasteiger partial charge in [-0.25, -0.2) is 0 Å². The van der Waals surface area contributed by atoms with Gasteiger partial charge in [0, 0.05) is 6.08 Å². The fourth-order valence-corrected chi connectivity index (χ4v) is 1.41. The summed E-state index contributed by atoms with van der Waals surface area (Å²) in [6.07, 6.45) is 2.33. The minimum atomic E-state index is -0.497. The maximum Gasteiger partial charge on any atom is 0.235 e. The average molecular weight is 253 g/mol. The minimum Gasteiger partial charge on any atom is -0.259 e. The summed E-state index contributed by atoms with van der Waals surface area (Å²) in [5.74, 6) is 0. The lowest BCUT2D eigenvalue weighted by atomic mass is 10.2. The van der Waals surface area contributed by atoms with E-state index in [1.165, 1.54) is 6.08 Å². The van der Waals surface area contributed by atoms with Crippen LogP contribution < -0.4 is 0 Å². The average Bonchev–Trinajstić information content (AvgIpc) is 2.45. The molecule has 0 N–H and O–H groups in total. The predicted molar refractivity (Wildman–Crippen MR) is 73.1 cm³/mol. The fraction of sp³-hybridized carbons (Fsp3) is 0. The van der Waals surface area contributed by atoms with Crippen molar-refractivity contribution in [3.05, 3.63) is 76.5 Å². The molecule has 5 nitrogen and oxygen atoms in total. The lowest BCUT2D eigenvalue weighted by Gasteiger charge is -1.94. The molecule has 0 heterocycles. The molecule has 0 unspecified atom stereocenters. The SMILES string of the molecule is O=[N+]([O-])C=Cc1ccc(N=Nc2ccccc2)cc1. The highest BCUT2D eigenvalue weighted by Crippen LogP contribution is 2.18. The van der Waals surface area contributed by atoms with Crippen LogP contribution in [-0.2, 0) is 0 Å². The van der Waals surface area contributed by atoms with Crippen molar-refractivity contribution < 1.29 is 4.92 Å². The summed E-state index contributed by atoms with van der Waals surface area (Å²) in [5.41, 5.74) is 2.22. The zero-order valence-corrected chi connectivity index (χ0v) is 10.0. The number of hydrogen-bond acceptors (Lipinski definition) is 4. The lowest BCUT2D eigenvalue weighted by Crippen LogP contribution is -1.81. The van der Waals surface area contributed by atoms with Gasteiger partial charge in [-0.2, -0.15) is 10.2 Å². The van der Waals surface area contributed by atoms with E-state index >= 15 is 0 Å². The second-order valence-electron chi connectivity index (χ2n) is 3.73. The van der Waals surface area contributed by atoms with Crippen molar-refractivity contribution >= 4 is 17.5 Å². The van der Waals surface area contributed by atoms with Crippen molar-refractivity contribution in [3.8, 4) is 0 Å². The van der Waals surface area contributed by atoms with Gasteiger partial charge in [-0.05, 0) is 29.8 Å². The van der Waals surface area contributed by atoms with Gasteiger partial charge in [0.15, 0.2) is 0 Å². The molecule has 0 radical (unpaired) electrons. The first kappa shape index (κ1) is 12.6. The minimum absolute atomic E-state index is 0.497. The van der Waals surface area contributed by atoms with E-state index in [4.69, 9.17) is 0 Å². The summed E-state index contributed by atoms with van der Waals surface area (Å²) in [6, 6.07) is 16.4. The van der Waals surface area contributed by atoms with Crippen LogP contribution in [0.4, 0.5) is 11.4 Å². The van der Waals surface area contributed by atoms with Crippen LogP contribution in [0.3, 0.4) is 0 Å². The van der Waals surface area contributed by atoms with Crippen molar-refractivity contribution in [2.75, 3.05) is 0 Å². The predicted octanol–water partition coefficient (Wildman–Crippen LogP) is 4.35. The summed E-state index contributed by atoms with van der Waals surface area (Å²) in [6.45, 7) is 0. The molecular formula is C14H11N3O2. The van der Waals surface area contributed by atoms with Crippen LogP contribution in [0.2, 0.25) is 0 Å². The maximum absolute atomic E-state index is 10.2. The summed E-state index contributed by atoms with van der Waals surface area (Å²) in [7, 11) is 0.